The number of aryl methyl sites for hydroxylation is 1. The first-order valence-electron chi connectivity index (χ1n) is 11.1. The lowest BCUT2D eigenvalue weighted by Gasteiger charge is -2.37. The molecular formula is C29H26N2O. The van der Waals surface area contributed by atoms with Gasteiger partial charge in [-0.3, -0.25) is 4.99 Å². The number of rotatable bonds is 5. The highest BCUT2D eigenvalue weighted by Gasteiger charge is 2.37. The number of hydrogen-bond donors (Lipinski definition) is 1. The summed E-state index contributed by atoms with van der Waals surface area (Å²) in [7, 11) is 0. The fourth-order valence-corrected chi connectivity index (χ4v) is 4.74. The maximum absolute atomic E-state index is 5.41. The lowest BCUT2D eigenvalue weighted by molar-refractivity contribution is 0.370. The number of allylic oxidation sites excluding steroid dienone is 2. The Labute approximate surface area is 189 Å². The van der Waals surface area contributed by atoms with Gasteiger partial charge < -0.3 is 10.1 Å². The molecule has 1 heterocycles. The van der Waals surface area contributed by atoms with Crippen molar-refractivity contribution in [3.05, 3.63) is 101 Å². The number of benzene rings is 3. The van der Waals surface area contributed by atoms with E-state index in [1.54, 1.807) is 0 Å². The molecule has 1 aliphatic carbocycles. The predicted molar refractivity (Wildman–Crippen MR) is 132 cm³/mol. The van der Waals surface area contributed by atoms with Crippen molar-refractivity contribution < 1.29 is 4.74 Å². The summed E-state index contributed by atoms with van der Waals surface area (Å²) in [5.74, 6) is 4.27. The highest BCUT2D eigenvalue weighted by atomic mass is 16.5. The van der Waals surface area contributed by atoms with E-state index < -0.39 is 0 Å². The van der Waals surface area contributed by atoms with Crippen LogP contribution in [0.15, 0.2) is 83.9 Å². The van der Waals surface area contributed by atoms with Crippen LogP contribution < -0.4 is 10.1 Å². The molecule has 3 aromatic carbocycles. The van der Waals surface area contributed by atoms with Crippen LogP contribution in [-0.4, -0.2) is 12.8 Å². The van der Waals surface area contributed by atoms with Gasteiger partial charge in [-0.05, 0) is 78.4 Å². The molecule has 3 nitrogen and oxygen atoms in total. The van der Waals surface area contributed by atoms with E-state index in [4.69, 9.17) is 11.2 Å². The normalized spacial score (nSPS) is 20.9. The van der Waals surface area contributed by atoms with Gasteiger partial charge in [0.05, 0.1) is 11.7 Å². The third-order valence-corrected chi connectivity index (χ3v) is 6.34. The summed E-state index contributed by atoms with van der Waals surface area (Å²) in [5, 5.41) is 3.81. The van der Waals surface area contributed by atoms with Crippen molar-refractivity contribution in [1.29, 1.82) is 0 Å². The number of nitrogens with zero attached hydrogens (tertiary/aromatic N) is 1. The second-order valence-corrected chi connectivity index (χ2v) is 8.48. The predicted octanol–water partition coefficient (Wildman–Crippen LogP) is 6.58. The van der Waals surface area contributed by atoms with Crippen molar-refractivity contribution in [3.63, 3.8) is 0 Å². The van der Waals surface area contributed by atoms with E-state index in [1.165, 1.54) is 22.4 Å². The van der Waals surface area contributed by atoms with E-state index in [0.717, 1.165) is 23.4 Å². The molecule has 1 N–H and O–H groups in total. The van der Waals surface area contributed by atoms with E-state index in [2.05, 4.69) is 77.8 Å². The lowest BCUT2D eigenvalue weighted by Crippen LogP contribution is -2.29. The summed E-state index contributed by atoms with van der Waals surface area (Å²) in [6.07, 6.45) is 12.9. The van der Waals surface area contributed by atoms with Crippen molar-refractivity contribution >= 4 is 17.6 Å². The van der Waals surface area contributed by atoms with Crippen LogP contribution in [0, 0.1) is 25.2 Å². The minimum Gasteiger partial charge on any atom is -0.481 e. The first-order chi connectivity index (χ1) is 15.7. The number of hydrogen-bond acceptors (Lipinski definition) is 3. The van der Waals surface area contributed by atoms with Crippen LogP contribution in [0.25, 0.3) is 0 Å². The standard InChI is InChI=1S/C29H26N2O/c1-3-17-32-24-14-8-21(9-15-24)19-30-23-12-10-22(11-13-23)29-26-6-4-5-25(26)27-18-20(2)7-16-28(27)31-29/h1,4-5,7-16,18-19,25-26,29,31H,6,17H2,2H3/t25-,26-,29-/m0/s1. The zero-order valence-electron chi connectivity index (χ0n) is 18.2. The maximum Gasteiger partial charge on any atom is 0.148 e. The van der Waals surface area contributed by atoms with Crippen LogP contribution >= 0.6 is 0 Å². The van der Waals surface area contributed by atoms with E-state index in [0.29, 0.717) is 17.9 Å². The first kappa shape index (κ1) is 20.2. The monoisotopic (exact) mass is 418 g/mol. The molecule has 0 unspecified atom stereocenters. The van der Waals surface area contributed by atoms with Crippen LogP contribution in [0.2, 0.25) is 0 Å². The molecule has 0 amide bonds. The molecule has 0 saturated heterocycles. The number of anilines is 1. The molecule has 0 bridgehead atoms. The molecule has 5 rings (SSSR count). The van der Waals surface area contributed by atoms with Crippen LogP contribution in [0.1, 0.15) is 40.6 Å². The van der Waals surface area contributed by atoms with Crippen molar-refractivity contribution in [3.8, 4) is 18.1 Å². The number of aliphatic imine (C=N–C) groups is 1. The van der Waals surface area contributed by atoms with E-state index in [9.17, 15) is 0 Å². The number of terminal acetylenes is 1. The highest BCUT2D eigenvalue weighted by Crippen LogP contribution is 2.50. The molecule has 0 saturated carbocycles. The molecule has 32 heavy (non-hydrogen) atoms. The van der Waals surface area contributed by atoms with Crippen molar-refractivity contribution in [2.24, 2.45) is 10.9 Å². The maximum atomic E-state index is 5.41. The molecule has 0 radical (unpaired) electrons. The minimum atomic E-state index is 0.276. The van der Waals surface area contributed by atoms with Crippen LogP contribution in [0.3, 0.4) is 0 Å². The average molecular weight is 419 g/mol. The summed E-state index contributed by atoms with van der Waals surface area (Å²) >= 11 is 0. The summed E-state index contributed by atoms with van der Waals surface area (Å²) in [5.41, 5.74) is 7.27. The molecular weight excluding hydrogens is 392 g/mol. The molecule has 3 aromatic rings. The smallest absolute Gasteiger partial charge is 0.148 e. The summed E-state index contributed by atoms with van der Waals surface area (Å²) in [6.45, 7) is 2.44. The van der Waals surface area contributed by atoms with Gasteiger partial charge in [-0.2, -0.15) is 0 Å². The minimum absolute atomic E-state index is 0.276. The average Bonchev–Trinajstić information content (AvgIpc) is 3.32. The molecule has 0 aromatic heterocycles. The Balaban J connectivity index is 1.31. The van der Waals surface area contributed by atoms with Crippen molar-refractivity contribution in [2.75, 3.05) is 11.9 Å². The Morgan fingerprint density at radius 2 is 1.91 bits per heavy atom. The van der Waals surface area contributed by atoms with Gasteiger partial charge in [0.25, 0.3) is 0 Å². The van der Waals surface area contributed by atoms with Gasteiger partial charge in [0, 0.05) is 17.8 Å². The van der Waals surface area contributed by atoms with E-state index >= 15 is 0 Å². The fourth-order valence-electron chi connectivity index (χ4n) is 4.74. The SMILES string of the molecule is C#CCOc1ccc(C=Nc2ccc([C@@H]3Nc4ccc(C)cc4[C@H]4C=CC[C@@H]43)cc2)cc1. The topological polar surface area (TPSA) is 33.6 Å². The first-order valence-corrected chi connectivity index (χ1v) is 11.1. The van der Waals surface area contributed by atoms with Gasteiger partial charge in [0.2, 0.25) is 0 Å². The highest BCUT2D eigenvalue weighted by molar-refractivity contribution is 5.82. The molecule has 3 heteroatoms. The second kappa shape index (κ2) is 8.77. The van der Waals surface area contributed by atoms with E-state index in [1.807, 2.05) is 30.5 Å². The quantitative estimate of drug-likeness (QED) is 0.288. The van der Waals surface area contributed by atoms with Crippen LogP contribution in [-0.2, 0) is 0 Å². The Kier molecular flexibility index (Phi) is 5.52. The number of nitrogens with one attached hydrogen (secondary N) is 1. The largest absolute Gasteiger partial charge is 0.481 e. The van der Waals surface area contributed by atoms with Gasteiger partial charge in [0.1, 0.15) is 12.4 Å². The zero-order chi connectivity index (χ0) is 21.9. The van der Waals surface area contributed by atoms with Crippen molar-refractivity contribution in [1.82, 2.24) is 0 Å². The summed E-state index contributed by atoms with van der Waals surface area (Å²) in [4.78, 5) is 4.64. The summed E-state index contributed by atoms with van der Waals surface area (Å²) < 4.78 is 5.41. The zero-order valence-corrected chi connectivity index (χ0v) is 18.2. The Morgan fingerprint density at radius 1 is 1.09 bits per heavy atom. The van der Waals surface area contributed by atoms with Crippen LogP contribution in [0.4, 0.5) is 11.4 Å². The van der Waals surface area contributed by atoms with Gasteiger partial charge >= 0.3 is 0 Å². The molecule has 0 spiro atoms. The number of ether oxygens (including phenoxy) is 1. The second-order valence-electron chi connectivity index (χ2n) is 8.48. The Bertz CT molecular complexity index is 1200. The number of fused-ring (bicyclic) bond motifs is 3. The molecule has 158 valence electrons. The van der Waals surface area contributed by atoms with Gasteiger partial charge in [-0.15, -0.1) is 6.42 Å². The molecule has 2 aliphatic rings. The Morgan fingerprint density at radius 3 is 2.69 bits per heavy atom. The molecule has 3 atom stereocenters. The molecule has 0 fully saturated rings. The van der Waals surface area contributed by atoms with Crippen LogP contribution in [0.5, 0.6) is 5.75 Å². The van der Waals surface area contributed by atoms with Gasteiger partial charge in [-0.1, -0.05) is 47.9 Å². The third-order valence-electron chi connectivity index (χ3n) is 6.34. The molecule has 1 aliphatic heterocycles. The van der Waals surface area contributed by atoms with Gasteiger partial charge in [-0.25, -0.2) is 0 Å². The Hall–Kier alpha value is -3.77. The fraction of sp³-hybridized carbons (Fsp3) is 0.207. The summed E-state index contributed by atoms with van der Waals surface area (Å²) in [6, 6.07) is 23.4. The van der Waals surface area contributed by atoms with Gasteiger partial charge in [0.15, 0.2) is 0 Å². The van der Waals surface area contributed by atoms with E-state index in [-0.39, 0.29) is 6.61 Å². The third kappa shape index (κ3) is 4.05. The lowest BCUT2D eigenvalue weighted by atomic mass is 9.76. The van der Waals surface area contributed by atoms with Crippen molar-refractivity contribution in [2.45, 2.75) is 25.3 Å².